The van der Waals surface area contributed by atoms with E-state index >= 15 is 0 Å². The van der Waals surface area contributed by atoms with Crippen LogP contribution in [0.2, 0.25) is 0 Å². The van der Waals surface area contributed by atoms with Crippen LogP contribution in [0.1, 0.15) is 5.56 Å². The molecule has 0 aliphatic heterocycles. The Morgan fingerprint density at radius 1 is 1.15 bits per heavy atom. The molecule has 0 aliphatic rings. The van der Waals surface area contributed by atoms with Crippen molar-refractivity contribution in [3.63, 3.8) is 0 Å². The molecular weight excluding hydrogens is 351 g/mol. The lowest BCUT2D eigenvalue weighted by atomic mass is 10.1. The number of halogens is 1. The van der Waals surface area contributed by atoms with Crippen LogP contribution in [-0.4, -0.2) is 33.0 Å². The van der Waals surface area contributed by atoms with Gasteiger partial charge in [-0.05, 0) is 24.1 Å². The molecule has 3 rings (SSSR count). The summed E-state index contributed by atoms with van der Waals surface area (Å²) in [7, 11) is 1.80. The zero-order valence-electron chi connectivity index (χ0n) is 14.4. The first-order valence-electron chi connectivity index (χ1n) is 8.22. The van der Waals surface area contributed by atoms with Crippen LogP contribution in [0, 0.1) is 5.82 Å². The zero-order chi connectivity index (χ0) is 18.4. The molecule has 7 heteroatoms. The van der Waals surface area contributed by atoms with Crippen molar-refractivity contribution < 1.29 is 9.18 Å². The number of nitrogens with zero attached hydrogens (tertiary/aromatic N) is 3. The summed E-state index contributed by atoms with van der Waals surface area (Å²) in [6.07, 6.45) is 0.797. The van der Waals surface area contributed by atoms with Crippen molar-refractivity contribution in [2.75, 3.05) is 12.3 Å². The van der Waals surface area contributed by atoms with Crippen molar-refractivity contribution in [2.24, 2.45) is 7.05 Å². The maximum atomic E-state index is 13.4. The van der Waals surface area contributed by atoms with Gasteiger partial charge in [-0.2, -0.15) is 0 Å². The third-order valence-electron chi connectivity index (χ3n) is 3.83. The number of hydrogen-bond donors (Lipinski definition) is 1. The molecule has 1 N–H and O–H groups in total. The highest BCUT2D eigenvalue weighted by Gasteiger charge is 2.13. The second-order valence-corrected chi connectivity index (χ2v) is 6.69. The van der Waals surface area contributed by atoms with E-state index in [0.29, 0.717) is 23.1 Å². The van der Waals surface area contributed by atoms with Gasteiger partial charge in [-0.15, -0.1) is 10.2 Å². The van der Waals surface area contributed by atoms with E-state index in [9.17, 15) is 9.18 Å². The first-order chi connectivity index (χ1) is 12.6. The molecule has 5 nitrogen and oxygen atoms in total. The molecule has 3 aromatic rings. The molecule has 0 saturated heterocycles. The number of carbonyl (C=O) groups excluding carboxylic acids is 1. The highest BCUT2D eigenvalue weighted by Crippen LogP contribution is 2.22. The summed E-state index contributed by atoms with van der Waals surface area (Å²) in [6.45, 7) is 0.594. The Hall–Kier alpha value is -2.67. The average Bonchev–Trinajstić information content (AvgIpc) is 3.01. The van der Waals surface area contributed by atoms with Crippen molar-refractivity contribution in [1.82, 2.24) is 20.1 Å². The summed E-state index contributed by atoms with van der Waals surface area (Å²) in [6, 6.07) is 16.2. The van der Waals surface area contributed by atoms with Gasteiger partial charge in [0.15, 0.2) is 11.0 Å². The fraction of sp³-hybridized carbons (Fsp3) is 0.211. The van der Waals surface area contributed by atoms with Crippen LogP contribution in [-0.2, 0) is 18.3 Å². The third-order valence-corrected chi connectivity index (χ3v) is 4.85. The number of hydrogen-bond acceptors (Lipinski definition) is 4. The van der Waals surface area contributed by atoms with Crippen molar-refractivity contribution in [3.05, 3.63) is 66.0 Å². The molecule has 0 bridgehead atoms. The minimum absolute atomic E-state index is 0.0544. The van der Waals surface area contributed by atoms with Gasteiger partial charge in [0.2, 0.25) is 5.91 Å². The average molecular weight is 370 g/mol. The van der Waals surface area contributed by atoms with Gasteiger partial charge in [-0.3, -0.25) is 4.79 Å². The van der Waals surface area contributed by atoms with Crippen LogP contribution in [0.3, 0.4) is 0 Å². The number of amides is 1. The molecule has 1 amide bonds. The molecule has 26 heavy (non-hydrogen) atoms. The SMILES string of the molecule is Cn1c(SCC(=O)NCCc2ccccc2)nnc1-c1cccc(F)c1. The molecule has 0 unspecified atom stereocenters. The summed E-state index contributed by atoms with van der Waals surface area (Å²) in [5.74, 6) is 0.444. The molecule has 0 aliphatic carbocycles. The van der Waals surface area contributed by atoms with Crippen LogP contribution in [0.5, 0.6) is 0 Å². The van der Waals surface area contributed by atoms with Crippen molar-refractivity contribution in [1.29, 1.82) is 0 Å². The number of rotatable bonds is 7. The van der Waals surface area contributed by atoms with Crippen LogP contribution in [0.25, 0.3) is 11.4 Å². The smallest absolute Gasteiger partial charge is 0.230 e. The van der Waals surface area contributed by atoms with Gasteiger partial charge in [0.1, 0.15) is 5.82 Å². The van der Waals surface area contributed by atoms with Crippen LogP contribution < -0.4 is 5.32 Å². The van der Waals surface area contributed by atoms with Gasteiger partial charge in [0.05, 0.1) is 5.75 Å². The van der Waals surface area contributed by atoms with Crippen LogP contribution >= 0.6 is 11.8 Å². The molecule has 0 fully saturated rings. The number of carbonyl (C=O) groups is 1. The quantitative estimate of drug-likeness (QED) is 0.650. The largest absolute Gasteiger partial charge is 0.355 e. The lowest BCUT2D eigenvalue weighted by Gasteiger charge is -2.06. The molecule has 1 aromatic heterocycles. The second kappa shape index (κ2) is 8.62. The van der Waals surface area contributed by atoms with E-state index in [1.165, 1.54) is 29.5 Å². The Kier molecular flexibility index (Phi) is 6.01. The monoisotopic (exact) mass is 370 g/mol. The predicted octanol–water partition coefficient (Wildman–Crippen LogP) is 3.07. The van der Waals surface area contributed by atoms with Crippen LogP contribution in [0.15, 0.2) is 59.8 Å². The Morgan fingerprint density at radius 3 is 2.73 bits per heavy atom. The maximum Gasteiger partial charge on any atom is 0.230 e. The molecule has 0 radical (unpaired) electrons. The van der Waals surface area contributed by atoms with Crippen molar-refractivity contribution in [3.8, 4) is 11.4 Å². The van der Waals surface area contributed by atoms with Gasteiger partial charge in [-0.1, -0.05) is 54.2 Å². The lowest BCUT2D eigenvalue weighted by Crippen LogP contribution is -2.27. The Labute approximate surface area is 155 Å². The van der Waals surface area contributed by atoms with Crippen molar-refractivity contribution in [2.45, 2.75) is 11.6 Å². The number of thioether (sulfide) groups is 1. The van der Waals surface area contributed by atoms with Crippen molar-refractivity contribution >= 4 is 17.7 Å². The second-order valence-electron chi connectivity index (χ2n) is 5.75. The standard InChI is InChI=1S/C19H19FN4OS/c1-24-18(15-8-5-9-16(20)12-15)22-23-19(24)26-13-17(25)21-11-10-14-6-3-2-4-7-14/h2-9,12H,10-11,13H2,1H3,(H,21,25). The van der Waals surface area contributed by atoms with Gasteiger partial charge in [0, 0.05) is 19.2 Å². The molecule has 0 spiro atoms. The zero-order valence-corrected chi connectivity index (χ0v) is 15.2. The summed E-state index contributed by atoms with van der Waals surface area (Å²) in [5, 5.41) is 11.7. The summed E-state index contributed by atoms with van der Waals surface area (Å²) >= 11 is 1.30. The first kappa shape index (κ1) is 18.1. The topological polar surface area (TPSA) is 59.8 Å². The van der Waals surface area contributed by atoms with E-state index in [-0.39, 0.29) is 17.5 Å². The Bertz CT molecular complexity index is 882. The normalized spacial score (nSPS) is 10.7. The maximum absolute atomic E-state index is 13.4. The Balaban J connectivity index is 1.51. The third kappa shape index (κ3) is 4.70. The first-order valence-corrected chi connectivity index (χ1v) is 9.21. The van der Waals surface area contributed by atoms with E-state index in [1.807, 2.05) is 30.3 Å². The fourth-order valence-corrected chi connectivity index (χ4v) is 3.23. The molecular formula is C19H19FN4OS. The summed E-state index contributed by atoms with van der Waals surface area (Å²) < 4.78 is 15.1. The molecule has 0 saturated carbocycles. The van der Waals surface area contributed by atoms with Gasteiger partial charge in [-0.25, -0.2) is 4.39 Å². The fourth-order valence-electron chi connectivity index (χ4n) is 2.49. The van der Waals surface area contributed by atoms with Gasteiger partial charge >= 0.3 is 0 Å². The minimum Gasteiger partial charge on any atom is -0.355 e. The molecule has 0 atom stereocenters. The van der Waals surface area contributed by atoms with Gasteiger partial charge < -0.3 is 9.88 Å². The van der Waals surface area contributed by atoms with E-state index in [1.54, 1.807) is 23.7 Å². The highest BCUT2D eigenvalue weighted by molar-refractivity contribution is 7.99. The molecule has 134 valence electrons. The van der Waals surface area contributed by atoms with Gasteiger partial charge in [0.25, 0.3) is 0 Å². The highest BCUT2D eigenvalue weighted by atomic mass is 32.2. The lowest BCUT2D eigenvalue weighted by molar-refractivity contribution is -0.118. The summed E-state index contributed by atoms with van der Waals surface area (Å²) in [5.41, 5.74) is 1.84. The van der Waals surface area contributed by atoms with E-state index in [2.05, 4.69) is 15.5 Å². The number of aromatic nitrogens is 3. The predicted molar refractivity (Wildman–Crippen MR) is 100 cm³/mol. The molecule has 1 heterocycles. The number of nitrogens with one attached hydrogen (secondary N) is 1. The Morgan fingerprint density at radius 2 is 1.96 bits per heavy atom. The molecule has 2 aromatic carbocycles. The van der Waals surface area contributed by atoms with E-state index in [0.717, 1.165) is 6.42 Å². The van der Waals surface area contributed by atoms with Crippen LogP contribution in [0.4, 0.5) is 4.39 Å². The summed E-state index contributed by atoms with van der Waals surface area (Å²) in [4.78, 5) is 12.0. The van der Waals surface area contributed by atoms with E-state index in [4.69, 9.17) is 0 Å². The van der Waals surface area contributed by atoms with E-state index < -0.39 is 0 Å². The minimum atomic E-state index is -0.322. The number of benzene rings is 2.